The number of hydrogen-bond donors (Lipinski definition) is 2. The molecule has 0 aliphatic carbocycles. The van der Waals surface area contributed by atoms with E-state index in [0.717, 1.165) is 12.8 Å². The van der Waals surface area contributed by atoms with Crippen LogP contribution in [0.1, 0.15) is 40.5 Å². The van der Waals surface area contributed by atoms with Crippen LogP contribution in [0.2, 0.25) is 0 Å². The number of anilines is 2. The van der Waals surface area contributed by atoms with E-state index in [4.69, 9.17) is 4.74 Å². The van der Waals surface area contributed by atoms with E-state index < -0.39 is 0 Å². The van der Waals surface area contributed by atoms with Crippen molar-refractivity contribution in [1.82, 2.24) is 15.0 Å². The van der Waals surface area contributed by atoms with E-state index in [0.29, 0.717) is 36.5 Å². The van der Waals surface area contributed by atoms with Gasteiger partial charge in [-0.15, -0.1) is 0 Å². The number of nitrogens with zero attached hydrogens (tertiary/aromatic N) is 3. The Bertz CT molecular complexity index is 383. The highest BCUT2D eigenvalue weighted by molar-refractivity contribution is 5.35. The Labute approximate surface area is 115 Å². The maximum atomic E-state index is 5.46. The summed E-state index contributed by atoms with van der Waals surface area (Å²) in [5.74, 6) is 1.70. The first-order valence-corrected chi connectivity index (χ1v) is 6.88. The highest BCUT2D eigenvalue weighted by Gasteiger charge is 2.10. The molecule has 1 unspecified atom stereocenters. The molecular weight excluding hydrogens is 242 g/mol. The van der Waals surface area contributed by atoms with Gasteiger partial charge in [-0.25, -0.2) is 0 Å². The van der Waals surface area contributed by atoms with Crippen molar-refractivity contribution in [3.63, 3.8) is 0 Å². The van der Waals surface area contributed by atoms with Crippen LogP contribution in [-0.4, -0.2) is 34.6 Å². The van der Waals surface area contributed by atoms with E-state index >= 15 is 0 Å². The van der Waals surface area contributed by atoms with Gasteiger partial charge in [-0.1, -0.05) is 20.8 Å². The molecule has 6 nitrogen and oxygen atoms in total. The van der Waals surface area contributed by atoms with Gasteiger partial charge in [0.05, 0.1) is 6.61 Å². The summed E-state index contributed by atoms with van der Waals surface area (Å²) in [6, 6.07) is 0.673. The predicted molar refractivity (Wildman–Crippen MR) is 77.7 cm³/mol. The van der Waals surface area contributed by atoms with Crippen LogP contribution in [0.15, 0.2) is 0 Å². The Morgan fingerprint density at radius 3 is 2.37 bits per heavy atom. The van der Waals surface area contributed by atoms with Crippen LogP contribution in [0.3, 0.4) is 0 Å². The van der Waals surface area contributed by atoms with Crippen molar-refractivity contribution in [3.8, 4) is 6.01 Å². The molecule has 0 saturated heterocycles. The summed E-state index contributed by atoms with van der Waals surface area (Å²) < 4.78 is 5.46. The minimum atomic E-state index is 0.311. The lowest BCUT2D eigenvalue weighted by Gasteiger charge is -2.16. The van der Waals surface area contributed by atoms with Gasteiger partial charge in [0, 0.05) is 13.1 Å². The maximum Gasteiger partial charge on any atom is 0.323 e. The van der Waals surface area contributed by atoms with Crippen LogP contribution < -0.4 is 15.4 Å². The van der Waals surface area contributed by atoms with Gasteiger partial charge in [0.1, 0.15) is 0 Å². The Hall–Kier alpha value is -1.59. The molecule has 108 valence electrons. The van der Waals surface area contributed by atoms with E-state index in [-0.39, 0.29) is 0 Å². The first kappa shape index (κ1) is 15.5. The summed E-state index contributed by atoms with van der Waals surface area (Å²) in [4.78, 5) is 12.7. The van der Waals surface area contributed by atoms with Crippen molar-refractivity contribution in [3.05, 3.63) is 0 Å². The van der Waals surface area contributed by atoms with E-state index in [1.807, 2.05) is 6.92 Å². The molecule has 0 aliphatic heterocycles. The highest BCUT2D eigenvalue weighted by Crippen LogP contribution is 2.14. The summed E-state index contributed by atoms with van der Waals surface area (Å²) >= 11 is 0. The Balaban J connectivity index is 2.75. The molecule has 0 radical (unpaired) electrons. The van der Waals surface area contributed by atoms with E-state index in [2.05, 4.69) is 46.4 Å². The average molecular weight is 267 g/mol. The molecule has 1 atom stereocenters. The molecule has 0 aliphatic rings. The molecule has 0 fully saturated rings. The largest absolute Gasteiger partial charge is 0.463 e. The Morgan fingerprint density at radius 2 is 1.79 bits per heavy atom. The van der Waals surface area contributed by atoms with E-state index in [1.54, 1.807) is 7.05 Å². The van der Waals surface area contributed by atoms with Gasteiger partial charge in [0.25, 0.3) is 0 Å². The van der Waals surface area contributed by atoms with Crippen molar-refractivity contribution in [2.45, 2.75) is 46.6 Å². The normalized spacial score (nSPS) is 12.3. The van der Waals surface area contributed by atoms with Crippen molar-refractivity contribution < 1.29 is 4.74 Å². The molecule has 0 spiro atoms. The van der Waals surface area contributed by atoms with Gasteiger partial charge in [-0.2, -0.15) is 15.0 Å². The zero-order chi connectivity index (χ0) is 14.3. The third kappa shape index (κ3) is 5.72. The molecule has 19 heavy (non-hydrogen) atoms. The summed E-state index contributed by atoms with van der Waals surface area (Å²) in [6.45, 7) is 9.16. The van der Waals surface area contributed by atoms with Crippen LogP contribution in [0.5, 0.6) is 6.01 Å². The second-order valence-corrected chi connectivity index (χ2v) is 5.04. The summed E-state index contributed by atoms with van der Waals surface area (Å²) in [5, 5.41) is 6.20. The minimum absolute atomic E-state index is 0.311. The highest BCUT2D eigenvalue weighted by atomic mass is 16.5. The second kappa shape index (κ2) is 7.76. The molecule has 0 bridgehead atoms. The molecule has 1 heterocycles. The number of rotatable bonds is 8. The molecule has 0 aromatic carbocycles. The van der Waals surface area contributed by atoms with Crippen molar-refractivity contribution >= 4 is 11.9 Å². The molecule has 6 heteroatoms. The van der Waals surface area contributed by atoms with Gasteiger partial charge in [-0.3, -0.25) is 0 Å². The quantitative estimate of drug-likeness (QED) is 0.754. The lowest BCUT2D eigenvalue weighted by molar-refractivity contribution is 0.292. The smallest absolute Gasteiger partial charge is 0.323 e. The van der Waals surface area contributed by atoms with E-state index in [1.165, 1.54) is 0 Å². The van der Waals surface area contributed by atoms with Crippen molar-refractivity contribution in [2.75, 3.05) is 24.3 Å². The monoisotopic (exact) mass is 267 g/mol. The fraction of sp³-hybridized carbons (Fsp3) is 0.769. The number of hydrogen-bond acceptors (Lipinski definition) is 6. The van der Waals surface area contributed by atoms with Gasteiger partial charge in [-0.05, 0) is 25.7 Å². The van der Waals surface area contributed by atoms with Gasteiger partial charge in [0.2, 0.25) is 11.9 Å². The van der Waals surface area contributed by atoms with Gasteiger partial charge >= 0.3 is 6.01 Å². The van der Waals surface area contributed by atoms with Gasteiger partial charge < -0.3 is 15.4 Å². The Kier molecular flexibility index (Phi) is 6.32. The molecule has 2 N–H and O–H groups in total. The number of aromatic nitrogens is 3. The molecule has 1 aromatic heterocycles. The summed E-state index contributed by atoms with van der Waals surface area (Å²) in [6.07, 6.45) is 1.98. The zero-order valence-electron chi connectivity index (χ0n) is 12.5. The fourth-order valence-electron chi connectivity index (χ4n) is 1.78. The maximum absolute atomic E-state index is 5.46. The molecule has 1 aromatic rings. The van der Waals surface area contributed by atoms with Crippen LogP contribution in [0.25, 0.3) is 0 Å². The van der Waals surface area contributed by atoms with E-state index in [9.17, 15) is 0 Å². The minimum Gasteiger partial charge on any atom is -0.463 e. The third-order valence-electron chi connectivity index (χ3n) is 2.47. The van der Waals surface area contributed by atoms with Crippen molar-refractivity contribution in [1.29, 1.82) is 0 Å². The van der Waals surface area contributed by atoms with Crippen molar-refractivity contribution in [2.24, 2.45) is 5.92 Å². The van der Waals surface area contributed by atoms with Crippen LogP contribution in [-0.2, 0) is 0 Å². The van der Waals surface area contributed by atoms with Crippen LogP contribution in [0.4, 0.5) is 11.9 Å². The summed E-state index contributed by atoms with van der Waals surface area (Å²) in [5.41, 5.74) is 0. The fourth-order valence-corrected chi connectivity index (χ4v) is 1.78. The molecular formula is C13H25N5O. The van der Waals surface area contributed by atoms with Crippen LogP contribution in [0, 0.1) is 5.92 Å². The van der Waals surface area contributed by atoms with Gasteiger partial charge in [0.15, 0.2) is 0 Å². The standard InChI is InChI=1S/C13H25N5O/c1-6-7-19-13-17-11(14-5)16-12(18-13)15-10(4)8-9(2)3/h9-10H,6-8H2,1-5H3,(H2,14,15,16,17,18). The second-order valence-electron chi connectivity index (χ2n) is 5.04. The summed E-state index contributed by atoms with van der Waals surface area (Å²) in [7, 11) is 1.78. The first-order chi connectivity index (χ1) is 9.05. The number of ether oxygens (including phenoxy) is 1. The van der Waals surface area contributed by atoms with Crippen LogP contribution >= 0.6 is 0 Å². The molecule has 0 amide bonds. The third-order valence-corrected chi connectivity index (χ3v) is 2.47. The molecule has 1 rings (SSSR count). The first-order valence-electron chi connectivity index (χ1n) is 6.88. The average Bonchev–Trinajstić information content (AvgIpc) is 2.34. The SMILES string of the molecule is CCCOc1nc(NC)nc(NC(C)CC(C)C)n1. The topological polar surface area (TPSA) is 72.0 Å². The lowest BCUT2D eigenvalue weighted by Crippen LogP contribution is -2.20. The lowest BCUT2D eigenvalue weighted by atomic mass is 10.1. The molecule has 0 saturated carbocycles. The predicted octanol–water partition coefficient (Wildman–Crippen LogP) is 2.55. The number of nitrogens with one attached hydrogen (secondary N) is 2. The zero-order valence-corrected chi connectivity index (χ0v) is 12.5. The Morgan fingerprint density at radius 1 is 1.11 bits per heavy atom.